The monoisotopic (exact) mass is 435 g/mol. The van der Waals surface area contributed by atoms with Crippen molar-refractivity contribution < 1.29 is 26.7 Å². The summed E-state index contributed by atoms with van der Waals surface area (Å²) in [6, 6.07) is 9.71. The van der Waals surface area contributed by atoms with Crippen LogP contribution >= 0.6 is 0 Å². The molecule has 10 heteroatoms. The average molecular weight is 435 g/mol. The molecule has 0 saturated carbocycles. The number of aliphatic hydroxyl groups is 1. The van der Waals surface area contributed by atoms with Gasteiger partial charge in [-0.1, -0.05) is 24.3 Å². The van der Waals surface area contributed by atoms with E-state index >= 15 is 0 Å². The Kier molecular flexibility index (Phi) is 3.81. The minimum atomic E-state index is -4.57. The lowest BCUT2D eigenvalue weighted by Crippen LogP contribution is -2.51. The van der Waals surface area contributed by atoms with E-state index in [4.69, 9.17) is 0 Å². The van der Waals surface area contributed by atoms with Crippen LogP contribution in [-0.2, 0) is 21.7 Å². The largest absolute Gasteiger partial charge is 0.416 e. The molecule has 0 aliphatic carbocycles. The van der Waals surface area contributed by atoms with Crippen molar-refractivity contribution in [3.05, 3.63) is 82.7 Å². The minimum Gasteiger partial charge on any atom is -0.384 e. The molecule has 3 heterocycles. The zero-order valence-corrected chi connectivity index (χ0v) is 16.4. The maximum absolute atomic E-state index is 13.7. The summed E-state index contributed by atoms with van der Waals surface area (Å²) in [6.45, 7) is 1.61. The number of aliphatic hydroxyl groups excluding tert-OH is 1. The summed E-state index contributed by atoms with van der Waals surface area (Å²) in [4.78, 5) is -0.279. The highest BCUT2D eigenvalue weighted by molar-refractivity contribution is 7.89. The number of halogens is 3. The highest BCUT2D eigenvalue weighted by Gasteiger charge is 2.62. The van der Waals surface area contributed by atoms with Crippen LogP contribution in [0.2, 0.25) is 0 Å². The Morgan fingerprint density at radius 2 is 1.77 bits per heavy atom. The molecule has 0 saturated heterocycles. The van der Waals surface area contributed by atoms with Gasteiger partial charge in [-0.25, -0.2) is 8.42 Å². The van der Waals surface area contributed by atoms with Crippen molar-refractivity contribution in [1.29, 1.82) is 0 Å². The number of hydrogen-bond acceptors (Lipinski definition) is 4. The van der Waals surface area contributed by atoms with Gasteiger partial charge in [0.05, 0.1) is 33.9 Å². The number of alkyl halides is 3. The van der Waals surface area contributed by atoms with E-state index < -0.39 is 39.4 Å². The van der Waals surface area contributed by atoms with Crippen LogP contribution in [0.4, 0.5) is 13.2 Å². The summed E-state index contributed by atoms with van der Waals surface area (Å²) in [5.74, 6) is 0. The molecule has 1 aromatic heterocycles. The number of benzene rings is 2. The Balaban J connectivity index is 1.72. The molecule has 0 spiro atoms. The van der Waals surface area contributed by atoms with Gasteiger partial charge in [0.15, 0.2) is 0 Å². The van der Waals surface area contributed by atoms with E-state index in [1.807, 2.05) is 0 Å². The number of aromatic nitrogens is 2. The van der Waals surface area contributed by atoms with Gasteiger partial charge in [0.2, 0.25) is 10.0 Å². The summed E-state index contributed by atoms with van der Waals surface area (Å²) in [6.07, 6.45) is -4.34. The molecule has 3 unspecified atom stereocenters. The highest BCUT2D eigenvalue weighted by Crippen LogP contribution is 2.60. The van der Waals surface area contributed by atoms with Crippen LogP contribution in [0.15, 0.2) is 59.6 Å². The SMILES string of the molecule is CC12c3ccccc3C(c3cn[nH]c3C1O)N2S(=O)(=O)c1ccc(C(F)(F)F)cc1. The van der Waals surface area contributed by atoms with Crippen LogP contribution in [0, 0.1) is 0 Å². The molecule has 30 heavy (non-hydrogen) atoms. The number of fused-ring (bicyclic) bond motifs is 7. The summed E-state index contributed by atoms with van der Waals surface area (Å²) in [5, 5.41) is 17.9. The number of sulfonamides is 1. The molecule has 0 radical (unpaired) electrons. The predicted octanol–water partition coefficient (Wildman–Crippen LogP) is 3.48. The zero-order valence-electron chi connectivity index (χ0n) is 15.6. The topological polar surface area (TPSA) is 86.3 Å². The molecule has 6 nitrogen and oxygen atoms in total. The number of aromatic amines is 1. The first kappa shape index (κ1) is 19.3. The normalized spacial score (nSPS) is 25.8. The van der Waals surface area contributed by atoms with Gasteiger partial charge in [-0.2, -0.15) is 22.6 Å². The van der Waals surface area contributed by atoms with E-state index in [9.17, 15) is 26.7 Å². The summed E-state index contributed by atoms with van der Waals surface area (Å²) < 4.78 is 67.3. The van der Waals surface area contributed by atoms with E-state index in [1.54, 1.807) is 31.2 Å². The van der Waals surface area contributed by atoms with Gasteiger partial charge in [-0.15, -0.1) is 0 Å². The fourth-order valence-electron chi connectivity index (χ4n) is 4.61. The molecular formula is C20H16F3N3O3S. The second-order valence-electron chi connectivity index (χ2n) is 7.60. The van der Waals surface area contributed by atoms with E-state index in [2.05, 4.69) is 10.2 Å². The highest BCUT2D eigenvalue weighted by atomic mass is 32.2. The first-order chi connectivity index (χ1) is 14.1. The van der Waals surface area contributed by atoms with Crippen LogP contribution in [-0.4, -0.2) is 28.0 Å². The van der Waals surface area contributed by atoms with Crippen molar-refractivity contribution in [2.45, 2.75) is 35.7 Å². The number of H-pyrrole nitrogens is 1. The fourth-order valence-corrected chi connectivity index (χ4v) is 6.52. The second kappa shape index (κ2) is 5.93. The molecule has 5 rings (SSSR count). The lowest BCUT2D eigenvalue weighted by Gasteiger charge is -2.44. The molecule has 0 fully saturated rings. The van der Waals surface area contributed by atoms with Crippen molar-refractivity contribution in [2.75, 3.05) is 0 Å². The summed E-state index contributed by atoms with van der Waals surface area (Å²) >= 11 is 0. The molecule has 3 aromatic rings. The Labute approximate surface area is 170 Å². The van der Waals surface area contributed by atoms with Crippen molar-refractivity contribution in [3.8, 4) is 0 Å². The first-order valence-electron chi connectivity index (χ1n) is 9.10. The van der Waals surface area contributed by atoms with Crippen molar-refractivity contribution in [2.24, 2.45) is 0 Å². The zero-order chi connectivity index (χ0) is 21.5. The van der Waals surface area contributed by atoms with Crippen LogP contribution in [0.25, 0.3) is 0 Å². The number of rotatable bonds is 2. The average Bonchev–Trinajstić information content (AvgIpc) is 3.27. The summed E-state index contributed by atoms with van der Waals surface area (Å²) in [5.41, 5.74) is -0.00698. The van der Waals surface area contributed by atoms with Crippen LogP contribution in [0.5, 0.6) is 0 Å². The predicted molar refractivity (Wildman–Crippen MR) is 99.7 cm³/mol. The van der Waals surface area contributed by atoms with Crippen molar-refractivity contribution in [3.63, 3.8) is 0 Å². The van der Waals surface area contributed by atoms with Gasteiger partial charge < -0.3 is 5.11 Å². The second-order valence-corrected chi connectivity index (χ2v) is 9.42. The van der Waals surface area contributed by atoms with E-state index in [0.717, 1.165) is 24.3 Å². The van der Waals surface area contributed by atoms with Gasteiger partial charge >= 0.3 is 6.18 Å². The van der Waals surface area contributed by atoms with E-state index in [1.165, 1.54) is 10.5 Å². The smallest absolute Gasteiger partial charge is 0.384 e. The van der Waals surface area contributed by atoms with Crippen LogP contribution in [0.1, 0.15) is 47.0 Å². The number of hydrogen-bond donors (Lipinski definition) is 2. The Bertz CT molecular complexity index is 1250. The summed E-state index contributed by atoms with van der Waals surface area (Å²) in [7, 11) is -4.28. The Hall–Kier alpha value is -2.69. The molecule has 156 valence electrons. The number of nitrogens with zero attached hydrogens (tertiary/aromatic N) is 2. The maximum atomic E-state index is 13.7. The standard InChI is InChI=1S/C20H16F3N3O3S/c1-19-15-5-3-2-4-13(15)17(14-10-24-25-16(14)18(19)27)26(19)30(28,29)12-8-6-11(7-9-12)20(21,22)23/h2-10,17-18,27H,1H3,(H,24,25). The third kappa shape index (κ3) is 2.32. The molecular weight excluding hydrogens is 419 g/mol. The Morgan fingerprint density at radius 3 is 2.43 bits per heavy atom. The lowest BCUT2D eigenvalue weighted by atomic mass is 9.85. The minimum absolute atomic E-state index is 0.279. The van der Waals surface area contributed by atoms with Gasteiger partial charge in [-0.05, 0) is 42.3 Å². The van der Waals surface area contributed by atoms with Gasteiger partial charge in [0, 0.05) is 5.56 Å². The lowest BCUT2D eigenvalue weighted by molar-refractivity contribution is -0.137. The Morgan fingerprint density at radius 1 is 1.10 bits per heavy atom. The molecule has 2 aliphatic heterocycles. The van der Waals surface area contributed by atoms with Crippen LogP contribution < -0.4 is 0 Å². The van der Waals surface area contributed by atoms with E-state index in [-0.39, 0.29) is 4.90 Å². The molecule has 2 aromatic carbocycles. The van der Waals surface area contributed by atoms with Gasteiger partial charge in [-0.3, -0.25) is 5.10 Å². The third-order valence-corrected chi connectivity index (χ3v) is 8.01. The van der Waals surface area contributed by atoms with Crippen LogP contribution in [0.3, 0.4) is 0 Å². The number of nitrogens with one attached hydrogen (secondary N) is 1. The van der Waals surface area contributed by atoms with Crippen molar-refractivity contribution >= 4 is 10.0 Å². The molecule has 2 N–H and O–H groups in total. The first-order valence-corrected chi connectivity index (χ1v) is 10.5. The quantitative estimate of drug-likeness (QED) is 0.645. The molecule has 0 amide bonds. The van der Waals surface area contributed by atoms with Gasteiger partial charge in [0.25, 0.3) is 0 Å². The van der Waals surface area contributed by atoms with E-state index in [0.29, 0.717) is 22.4 Å². The molecule has 3 atom stereocenters. The molecule has 2 aliphatic rings. The molecule has 2 bridgehead atoms. The third-order valence-electron chi connectivity index (χ3n) is 6.03. The van der Waals surface area contributed by atoms with Gasteiger partial charge in [0.1, 0.15) is 6.10 Å². The fraction of sp³-hybridized carbons (Fsp3) is 0.250. The maximum Gasteiger partial charge on any atom is 0.416 e. The van der Waals surface area contributed by atoms with Crippen molar-refractivity contribution in [1.82, 2.24) is 14.5 Å².